The lowest BCUT2D eigenvalue weighted by atomic mass is 9.97. The monoisotopic (exact) mass is 563 g/mol. The zero-order valence-electron chi connectivity index (χ0n) is 20.6. The second-order valence-corrected chi connectivity index (χ2v) is 10.6. The number of nitrogens with one attached hydrogen (secondary N) is 1. The number of carbonyl (C=O) groups is 1. The van der Waals surface area contributed by atoms with E-state index in [-0.39, 0.29) is 5.91 Å². The summed E-state index contributed by atoms with van der Waals surface area (Å²) in [5, 5.41) is 4.53. The molecule has 0 radical (unpaired) electrons. The molecule has 0 atom stereocenters. The molecule has 1 aliphatic rings. The average molecular weight is 565 g/mol. The Hall–Kier alpha value is -3.38. The number of anilines is 1. The Morgan fingerprint density at radius 1 is 0.921 bits per heavy atom. The molecule has 38 heavy (non-hydrogen) atoms. The number of methoxy groups -OCH3 is 1. The lowest BCUT2D eigenvalue weighted by Gasteiger charge is -2.11. The standard InChI is InChI=1S/C30H24Cl3N3O2/c1-38-22-11-8-18(9-12-22)26-17-36-28(29(37)34-21-6-4-5-20(31)16-21)27(19-10-13-24(32)25(33)15-19)23-7-2-3-14-35(26)30(23)36/h4-6,8-13,15-17H,2-3,7,14H2,1H3,(H,34,37). The van der Waals surface area contributed by atoms with Gasteiger partial charge in [0.1, 0.15) is 17.1 Å². The van der Waals surface area contributed by atoms with Gasteiger partial charge in [0.25, 0.3) is 5.91 Å². The van der Waals surface area contributed by atoms with Crippen molar-refractivity contribution in [3.05, 3.63) is 99.3 Å². The van der Waals surface area contributed by atoms with Gasteiger partial charge in [-0.05, 0) is 85.0 Å². The maximum absolute atomic E-state index is 14.0. The molecule has 1 amide bonds. The van der Waals surface area contributed by atoms with Gasteiger partial charge in [0.05, 0.1) is 22.8 Å². The Morgan fingerprint density at radius 3 is 2.45 bits per heavy atom. The first-order chi connectivity index (χ1) is 18.4. The lowest BCUT2D eigenvalue weighted by molar-refractivity contribution is 0.102. The van der Waals surface area contributed by atoms with Gasteiger partial charge in [0, 0.05) is 34.6 Å². The minimum absolute atomic E-state index is 0.228. The van der Waals surface area contributed by atoms with Crippen LogP contribution in [0.1, 0.15) is 28.9 Å². The molecular weight excluding hydrogens is 541 g/mol. The van der Waals surface area contributed by atoms with E-state index in [1.165, 1.54) is 0 Å². The average Bonchev–Trinajstić information content (AvgIpc) is 3.33. The second kappa shape index (κ2) is 10.1. The first-order valence-electron chi connectivity index (χ1n) is 12.4. The van der Waals surface area contributed by atoms with Gasteiger partial charge >= 0.3 is 0 Å². The van der Waals surface area contributed by atoms with E-state index in [9.17, 15) is 4.79 Å². The zero-order chi connectivity index (χ0) is 26.4. The minimum Gasteiger partial charge on any atom is -0.497 e. The van der Waals surface area contributed by atoms with Crippen LogP contribution in [0.5, 0.6) is 5.75 Å². The van der Waals surface area contributed by atoms with Crippen molar-refractivity contribution >= 4 is 52.0 Å². The van der Waals surface area contributed by atoms with Crippen molar-refractivity contribution in [3.63, 3.8) is 0 Å². The number of aryl methyl sites for hydroxylation is 2. The third-order valence-corrected chi connectivity index (χ3v) is 8.00. The molecule has 0 aliphatic carbocycles. The zero-order valence-corrected chi connectivity index (χ0v) is 22.9. The summed E-state index contributed by atoms with van der Waals surface area (Å²) in [4.78, 5) is 14.0. The Labute approximate surface area is 235 Å². The molecule has 5 nitrogen and oxygen atoms in total. The van der Waals surface area contributed by atoms with Gasteiger partial charge in [-0.1, -0.05) is 46.9 Å². The number of aromatic nitrogens is 2. The Bertz CT molecular complexity index is 1690. The number of carbonyl (C=O) groups excluding carboxylic acids is 1. The Kier molecular flexibility index (Phi) is 6.60. The van der Waals surface area contributed by atoms with Crippen molar-refractivity contribution in [2.24, 2.45) is 0 Å². The molecule has 3 aromatic carbocycles. The molecule has 1 aliphatic heterocycles. The molecule has 3 heterocycles. The number of hydrogen-bond donors (Lipinski definition) is 1. The van der Waals surface area contributed by atoms with Gasteiger partial charge in [-0.25, -0.2) is 0 Å². The van der Waals surface area contributed by atoms with Crippen LogP contribution in [0.25, 0.3) is 28.0 Å². The highest BCUT2D eigenvalue weighted by molar-refractivity contribution is 6.42. The molecule has 1 N–H and O–H groups in total. The maximum atomic E-state index is 14.0. The summed E-state index contributed by atoms with van der Waals surface area (Å²) >= 11 is 18.9. The molecule has 8 heteroatoms. The van der Waals surface area contributed by atoms with E-state index >= 15 is 0 Å². The fourth-order valence-corrected chi connectivity index (χ4v) is 5.81. The molecule has 192 valence electrons. The van der Waals surface area contributed by atoms with Crippen molar-refractivity contribution in [3.8, 4) is 28.1 Å². The predicted octanol–water partition coefficient (Wildman–Crippen LogP) is 8.63. The Morgan fingerprint density at radius 2 is 1.71 bits per heavy atom. The van der Waals surface area contributed by atoms with Crippen LogP contribution in [0.4, 0.5) is 5.69 Å². The lowest BCUT2D eigenvalue weighted by Crippen LogP contribution is -2.15. The summed E-state index contributed by atoms with van der Waals surface area (Å²) in [6.45, 7) is 0.852. The molecule has 5 aromatic rings. The van der Waals surface area contributed by atoms with Crippen LogP contribution < -0.4 is 10.1 Å². The summed E-state index contributed by atoms with van der Waals surface area (Å²) in [6.07, 6.45) is 4.94. The van der Waals surface area contributed by atoms with Gasteiger partial charge < -0.3 is 14.6 Å². The quantitative estimate of drug-likeness (QED) is 0.232. The highest BCUT2D eigenvalue weighted by atomic mass is 35.5. The van der Waals surface area contributed by atoms with E-state index in [4.69, 9.17) is 39.5 Å². The van der Waals surface area contributed by atoms with Gasteiger partial charge in [0.15, 0.2) is 0 Å². The van der Waals surface area contributed by atoms with Crippen LogP contribution >= 0.6 is 34.8 Å². The van der Waals surface area contributed by atoms with Crippen molar-refractivity contribution in [2.75, 3.05) is 12.4 Å². The predicted molar refractivity (Wildman–Crippen MR) is 155 cm³/mol. The van der Waals surface area contributed by atoms with Crippen LogP contribution in [0.2, 0.25) is 15.1 Å². The number of hydrogen-bond acceptors (Lipinski definition) is 2. The molecule has 0 unspecified atom stereocenters. The van der Waals surface area contributed by atoms with E-state index in [0.29, 0.717) is 26.4 Å². The highest BCUT2D eigenvalue weighted by Crippen LogP contribution is 2.41. The van der Waals surface area contributed by atoms with Crippen molar-refractivity contribution in [1.29, 1.82) is 0 Å². The molecule has 0 saturated heterocycles. The van der Waals surface area contributed by atoms with Gasteiger partial charge in [-0.2, -0.15) is 0 Å². The van der Waals surface area contributed by atoms with Crippen molar-refractivity contribution in [1.82, 2.24) is 8.97 Å². The number of amides is 1. The van der Waals surface area contributed by atoms with E-state index < -0.39 is 0 Å². The number of imidazole rings is 1. The first-order valence-corrected chi connectivity index (χ1v) is 13.5. The van der Waals surface area contributed by atoms with E-state index in [1.54, 1.807) is 25.3 Å². The van der Waals surface area contributed by atoms with Crippen LogP contribution in [0.15, 0.2) is 72.9 Å². The maximum Gasteiger partial charge on any atom is 0.273 e. The summed E-state index contributed by atoms with van der Waals surface area (Å²) < 4.78 is 9.71. The SMILES string of the molecule is COc1ccc(-c2cn3c(C(=O)Nc4cccc(Cl)c4)c(-c4ccc(Cl)c(Cl)c4)c4c3n2CCCC4)cc1. The molecule has 6 rings (SSSR count). The molecular formula is C30H24Cl3N3O2. The van der Waals surface area contributed by atoms with Crippen molar-refractivity contribution in [2.45, 2.75) is 25.8 Å². The van der Waals surface area contributed by atoms with E-state index in [2.05, 4.69) is 16.1 Å². The minimum atomic E-state index is -0.228. The third-order valence-electron chi connectivity index (χ3n) is 7.03. The topological polar surface area (TPSA) is 47.7 Å². The molecule has 0 fully saturated rings. The largest absolute Gasteiger partial charge is 0.497 e. The molecule has 0 spiro atoms. The second-order valence-electron chi connectivity index (χ2n) is 9.34. The smallest absolute Gasteiger partial charge is 0.273 e. The number of rotatable bonds is 5. The molecule has 0 bridgehead atoms. The molecule has 0 saturated carbocycles. The summed E-state index contributed by atoms with van der Waals surface area (Å²) in [6, 6.07) is 20.7. The van der Waals surface area contributed by atoms with Crippen molar-refractivity contribution < 1.29 is 9.53 Å². The van der Waals surface area contributed by atoms with E-state index in [0.717, 1.165) is 65.2 Å². The van der Waals surface area contributed by atoms with E-state index in [1.807, 2.05) is 52.9 Å². The van der Waals surface area contributed by atoms with Gasteiger partial charge in [-0.3, -0.25) is 9.20 Å². The van der Waals surface area contributed by atoms with Crippen LogP contribution in [-0.4, -0.2) is 22.0 Å². The Balaban J connectivity index is 1.60. The van der Waals surface area contributed by atoms with Crippen LogP contribution in [0.3, 0.4) is 0 Å². The summed E-state index contributed by atoms with van der Waals surface area (Å²) in [7, 11) is 1.66. The van der Waals surface area contributed by atoms with Crippen LogP contribution in [0, 0.1) is 0 Å². The highest BCUT2D eigenvalue weighted by Gasteiger charge is 2.30. The number of ether oxygens (including phenoxy) is 1. The van der Waals surface area contributed by atoms with Crippen LogP contribution in [-0.2, 0) is 13.0 Å². The van der Waals surface area contributed by atoms with Gasteiger partial charge in [0.2, 0.25) is 0 Å². The third kappa shape index (κ3) is 4.35. The fraction of sp³-hybridized carbons (Fsp3) is 0.167. The summed E-state index contributed by atoms with van der Waals surface area (Å²) in [5.41, 5.74) is 7.14. The number of halogens is 3. The fourth-order valence-electron chi connectivity index (χ4n) is 5.32. The van der Waals surface area contributed by atoms with Gasteiger partial charge in [-0.15, -0.1) is 0 Å². The first kappa shape index (κ1) is 24.9. The summed E-state index contributed by atoms with van der Waals surface area (Å²) in [5.74, 6) is 0.570. The molecule has 2 aromatic heterocycles. The number of nitrogens with zero attached hydrogens (tertiary/aromatic N) is 2. The normalized spacial score (nSPS) is 12.9. The number of benzene rings is 3.